The van der Waals surface area contributed by atoms with E-state index < -0.39 is 0 Å². The number of halogens is 1. The molecule has 0 spiro atoms. The first-order valence-electron chi connectivity index (χ1n) is 7.71. The standard InChI is InChI=1S/C18H14ClN3O2S/c1-24-14-8-4-12(5-9-14)17-20-21-18-22(17)16(23)10-15(25-18)11-2-6-13(19)7-3-11/h2-9,15H,10H2,1H3. The molecule has 0 amide bonds. The van der Waals surface area contributed by atoms with E-state index >= 15 is 0 Å². The summed E-state index contributed by atoms with van der Waals surface area (Å²) >= 11 is 7.49. The van der Waals surface area contributed by atoms with Gasteiger partial charge in [-0.15, -0.1) is 10.2 Å². The molecule has 7 heteroatoms. The van der Waals surface area contributed by atoms with Crippen molar-refractivity contribution in [3.8, 4) is 17.1 Å². The second kappa shape index (κ2) is 6.54. The number of benzene rings is 2. The lowest BCUT2D eigenvalue weighted by Gasteiger charge is -2.22. The summed E-state index contributed by atoms with van der Waals surface area (Å²) in [5.74, 6) is 1.31. The van der Waals surface area contributed by atoms with Crippen LogP contribution in [0.15, 0.2) is 53.7 Å². The average Bonchev–Trinajstić information content (AvgIpc) is 3.07. The van der Waals surface area contributed by atoms with Crippen molar-refractivity contribution in [3.05, 3.63) is 59.1 Å². The summed E-state index contributed by atoms with van der Waals surface area (Å²) in [6, 6.07) is 15.0. The summed E-state index contributed by atoms with van der Waals surface area (Å²) in [4.78, 5) is 12.7. The van der Waals surface area contributed by atoms with Gasteiger partial charge in [0.15, 0.2) is 11.0 Å². The van der Waals surface area contributed by atoms with E-state index in [4.69, 9.17) is 16.3 Å². The molecular weight excluding hydrogens is 358 g/mol. The molecule has 0 saturated heterocycles. The summed E-state index contributed by atoms with van der Waals surface area (Å²) in [5, 5.41) is 9.76. The van der Waals surface area contributed by atoms with Crippen LogP contribution in [0.1, 0.15) is 22.0 Å². The molecule has 0 N–H and O–H groups in total. The molecule has 1 aliphatic rings. The molecule has 2 heterocycles. The Hall–Kier alpha value is -2.31. The third-order valence-corrected chi connectivity index (χ3v) is 5.53. The molecule has 1 atom stereocenters. The Bertz CT molecular complexity index is 922. The number of hydrogen-bond acceptors (Lipinski definition) is 5. The Kier molecular flexibility index (Phi) is 4.23. The number of hydrogen-bond donors (Lipinski definition) is 0. The van der Waals surface area contributed by atoms with Gasteiger partial charge in [0.1, 0.15) is 5.75 Å². The van der Waals surface area contributed by atoms with Gasteiger partial charge in [0, 0.05) is 22.3 Å². The van der Waals surface area contributed by atoms with Crippen LogP contribution in [0.3, 0.4) is 0 Å². The zero-order valence-corrected chi connectivity index (χ0v) is 14.9. The van der Waals surface area contributed by atoms with Gasteiger partial charge in [0.05, 0.1) is 7.11 Å². The number of nitrogens with zero attached hydrogens (tertiary/aromatic N) is 3. The van der Waals surface area contributed by atoms with E-state index in [1.807, 2.05) is 48.5 Å². The van der Waals surface area contributed by atoms with E-state index in [1.165, 1.54) is 0 Å². The van der Waals surface area contributed by atoms with E-state index in [2.05, 4.69) is 10.2 Å². The van der Waals surface area contributed by atoms with Gasteiger partial charge in [-0.25, -0.2) is 4.57 Å². The highest BCUT2D eigenvalue weighted by Crippen LogP contribution is 2.42. The van der Waals surface area contributed by atoms with Crippen molar-refractivity contribution in [3.63, 3.8) is 0 Å². The number of rotatable bonds is 3. The van der Waals surface area contributed by atoms with Crippen LogP contribution in [0.25, 0.3) is 11.4 Å². The van der Waals surface area contributed by atoms with Gasteiger partial charge < -0.3 is 4.74 Å². The van der Waals surface area contributed by atoms with Crippen LogP contribution in [0.4, 0.5) is 0 Å². The fourth-order valence-corrected chi connectivity index (χ4v) is 4.06. The second-order valence-electron chi connectivity index (χ2n) is 5.63. The summed E-state index contributed by atoms with van der Waals surface area (Å²) in [6.45, 7) is 0. The highest BCUT2D eigenvalue weighted by Gasteiger charge is 2.31. The van der Waals surface area contributed by atoms with Crippen LogP contribution in [-0.4, -0.2) is 27.8 Å². The second-order valence-corrected chi connectivity index (χ2v) is 7.23. The molecule has 3 aromatic rings. The van der Waals surface area contributed by atoms with Crippen molar-refractivity contribution in [1.29, 1.82) is 0 Å². The van der Waals surface area contributed by atoms with Crippen LogP contribution in [-0.2, 0) is 0 Å². The smallest absolute Gasteiger partial charge is 0.235 e. The topological polar surface area (TPSA) is 57.0 Å². The minimum Gasteiger partial charge on any atom is -0.497 e. The van der Waals surface area contributed by atoms with E-state index in [1.54, 1.807) is 23.4 Å². The minimum atomic E-state index is -0.00971. The third kappa shape index (κ3) is 3.03. The van der Waals surface area contributed by atoms with Gasteiger partial charge >= 0.3 is 0 Å². The summed E-state index contributed by atoms with van der Waals surface area (Å²) in [6.07, 6.45) is 0.389. The molecule has 0 fully saturated rings. The lowest BCUT2D eigenvalue weighted by atomic mass is 10.1. The molecule has 0 aliphatic carbocycles. The Morgan fingerprint density at radius 1 is 1.12 bits per heavy atom. The predicted molar refractivity (Wildman–Crippen MR) is 97.3 cm³/mol. The average molecular weight is 372 g/mol. The first-order chi connectivity index (χ1) is 12.2. The number of methoxy groups -OCH3 is 1. The maximum absolute atomic E-state index is 12.7. The number of thioether (sulfide) groups is 1. The lowest BCUT2D eigenvalue weighted by Crippen LogP contribution is -2.20. The molecule has 1 unspecified atom stereocenters. The Labute approximate surface area is 154 Å². The minimum absolute atomic E-state index is 0.00971. The zero-order chi connectivity index (χ0) is 17.4. The maximum Gasteiger partial charge on any atom is 0.235 e. The molecule has 4 rings (SSSR count). The fourth-order valence-electron chi connectivity index (χ4n) is 2.78. The van der Waals surface area contributed by atoms with Crippen molar-refractivity contribution < 1.29 is 9.53 Å². The van der Waals surface area contributed by atoms with Crippen molar-refractivity contribution in [2.24, 2.45) is 0 Å². The molecule has 0 bridgehead atoms. The number of carbonyl (C=O) groups excluding carboxylic acids is 1. The van der Waals surface area contributed by atoms with Crippen molar-refractivity contribution >= 4 is 29.3 Å². The van der Waals surface area contributed by atoms with Gasteiger partial charge in [-0.05, 0) is 42.0 Å². The summed E-state index contributed by atoms with van der Waals surface area (Å²) in [5.41, 5.74) is 1.89. The van der Waals surface area contributed by atoms with Crippen LogP contribution in [0, 0.1) is 0 Å². The molecule has 25 heavy (non-hydrogen) atoms. The van der Waals surface area contributed by atoms with Crippen LogP contribution >= 0.6 is 23.4 Å². The molecule has 1 aromatic heterocycles. The Morgan fingerprint density at radius 2 is 1.84 bits per heavy atom. The van der Waals surface area contributed by atoms with Gasteiger partial charge in [-0.2, -0.15) is 0 Å². The molecule has 1 aliphatic heterocycles. The molecule has 0 saturated carbocycles. The third-order valence-electron chi connectivity index (χ3n) is 4.08. The van der Waals surface area contributed by atoms with Gasteiger partial charge in [-0.3, -0.25) is 4.79 Å². The van der Waals surface area contributed by atoms with E-state index in [9.17, 15) is 4.79 Å². The zero-order valence-electron chi connectivity index (χ0n) is 13.3. The Morgan fingerprint density at radius 3 is 2.52 bits per heavy atom. The normalized spacial score (nSPS) is 16.6. The molecule has 5 nitrogen and oxygen atoms in total. The van der Waals surface area contributed by atoms with E-state index in [0.29, 0.717) is 22.4 Å². The maximum atomic E-state index is 12.7. The number of ether oxygens (including phenoxy) is 1. The lowest BCUT2D eigenvalue weighted by molar-refractivity contribution is 0.0888. The highest BCUT2D eigenvalue weighted by atomic mass is 35.5. The van der Waals surface area contributed by atoms with Crippen LogP contribution < -0.4 is 4.74 Å². The first-order valence-corrected chi connectivity index (χ1v) is 8.96. The quantitative estimate of drug-likeness (QED) is 0.679. The molecule has 126 valence electrons. The van der Waals surface area contributed by atoms with Crippen molar-refractivity contribution in [2.75, 3.05) is 7.11 Å². The number of carbonyl (C=O) groups is 1. The molecule has 2 aromatic carbocycles. The summed E-state index contributed by atoms with van der Waals surface area (Å²) in [7, 11) is 1.62. The molecule has 0 radical (unpaired) electrons. The predicted octanol–water partition coefficient (Wildman–Crippen LogP) is 4.48. The highest BCUT2D eigenvalue weighted by molar-refractivity contribution is 7.99. The van der Waals surface area contributed by atoms with E-state index in [0.717, 1.165) is 16.9 Å². The molecular formula is C18H14ClN3O2S. The van der Waals surface area contributed by atoms with Crippen molar-refractivity contribution in [2.45, 2.75) is 16.8 Å². The first kappa shape index (κ1) is 16.2. The van der Waals surface area contributed by atoms with Gasteiger partial charge in [-0.1, -0.05) is 35.5 Å². The van der Waals surface area contributed by atoms with E-state index in [-0.39, 0.29) is 11.2 Å². The monoisotopic (exact) mass is 371 g/mol. The number of fused-ring (bicyclic) bond motifs is 1. The van der Waals surface area contributed by atoms with Crippen molar-refractivity contribution in [1.82, 2.24) is 14.8 Å². The van der Waals surface area contributed by atoms with Crippen LogP contribution in [0.2, 0.25) is 5.02 Å². The SMILES string of the molecule is COc1ccc(-c2nnc3n2C(=O)CC(c2ccc(Cl)cc2)S3)cc1. The summed E-state index contributed by atoms with van der Waals surface area (Å²) < 4.78 is 6.76. The fraction of sp³-hybridized carbons (Fsp3) is 0.167. The van der Waals surface area contributed by atoms with Gasteiger partial charge in [0.2, 0.25) is 5.91 Å². The van der Waals surface area contributed by atoms with Crippen LogP contribution in [0.5, 0.6) is 5.75 Å². The van der Waals surface area contributed by atoms with Gasteiger partial charge in [0.25, 0.3) is 0 Å². The number of aromatic nitrogens is 3. The largest absolute Gasteiger partial charge is 0.497 e. The Balaban J connectivity index is 1.66.